The molecule has 0 atom stereocenters. The van der Waals surface area contributed by atoms with Crippen molar-refractivity contribution in [3.63, 3.8) is 0 Å². The molecule has 2 rings (SSSR count). The fourth-order valence-electron chi connectivity index (χ4n) is 1.46. The van der Waals surface area contributed by atoms with Gasteiger partial charge < -0.3 is 11.1 Å². The second-order valence-corrected chi connectivity index (χ2v) is 3.67. The zero-order chi connectivity index (χ0) is 13.1. The minimum Gasteiger partial charge on any atom is -0.396 e. The molecule has 5 heteroatoms. The van der Waals surface area contributed by atoms with Crippen molar-refractivity contribution in [1.29, 1.82) is 0 Å². The SMILES string of the molecule is Nc1cc(C(=O)Nc2ccccc2)c(F)cc1F. The zero-order valence-electron chi connectivity index (χ0n) is 9.28. The third-order valence-corrected chi connectivity index (χ3v) is 2.36. The summed E-state index contributed by atoms with van der Waals surface area (Å²) in [6, 6.07) is 10.1. The summed E-state index contributed by atoms with van der Waals surface area (Å²) < 4.78 is 26.4. The van der Waals surface area contributed by atoms with Gasteiger partial charge in [0, 0.05) is 11.8 Å². The Balaban J connectivity index is 2.27. The lowest BCUT2D eigenvalue weighted by atomic mass is 10.1. The minimum absolute atomic E-state index is 0.269. The second-order valence-electron chi connectivity index (χ2n) is 3.67. The number of hydrogen-bond acceptors (Lipinski definition) is 2. The first-order valence-electron chi connectivity index (χ1n) is 5.19. The number of para-hydroxylation sites is 1. The van der Waals surface area contributed by atoms with Crippen molar-refractivity contribution >= 4 is 17.3 Å². The molecule has 0 fully saturated rings. The number of carbonyl (C=O) groups excluding carboxylic acids is 1. The Morgan fingerprint density at radius 2 is 1.72 bits per heavy atom. The van der Waals surface area contributed by atoms with Crippen LogP contribution in [0.2, 0.25) is 0 Å². The van der Waals surface area contributed by atoms with Crippen LogP contribution in [0.3, 0.4) is 0 Å². The van der Waals surface area contributed by atoms with Gasteiger partial charge in [-0.3, -0.25) is 4.79 Å². The van der Waals surface area contributed by atoms with Gasteiger partial charge >= 0.3 is 0 Å². The molecule has 0 aliphatic carbocycles. The normalized spacial score (nSPS) is 10.1. The molecule has 0 aliphatic heterocycles. The lowest BCUT2D eigenvalue weighted by molar-refractivity contribution is 0.102. The molecule has 0 saturated carbocycles. The number of carbonyl (C=O) groups is 1. The van der Waals surface area contributed by atoms with Gasteiger partial charge in [-0.1, -0.05) is 18.2 Å². The Labute approximate surface area is 102 Å². The first-order valence-corrected chi connectivity index (χ1v) is 5.19. The molecule has 0 heterocycles. The van der Waals surface area contributed by atoms with Gasteiger partial charge in [0.05, 0.1) is 11.3 Å². The number of nitrogens with two attached hydrogens (primary N) is 1. The highest BCUT2D eigenvalue weighted by atomic mass is 19.1. The first kappa shape index (κ1) is 12.0. The van der Waals surface area contributed by atoms with Gasteiger partial charge in [0.25, 0.3) is 5.91 Å². The number of halogens is 2. The molecule has 0 aliphatic rings. The summed E-state index contributed by atoms with van der Waals surface area (Å²) in [4.78, 5) is 11.8. The van der Waals surface area contributed by atoms with E-state index < -0.39 is 17.5 Å². The van der Waals surface area contributed by atoms with E-state index in [1.54, 1.807) is 30.3 Å². The molecule has 0 bridgehead atoms. The number of nitrogens with one attached hydrogen (secondary N) is 1. The van der Waals surface area contributed by atoms with Gasteiger partial charge in [-0.15, -0.1) is 0 Å². The van der Waals surface area contributed by atoms with Crippen molar-refractivity contribution in [3.05, 3.63) is 59.7 Å². The molecule has 0 radical (unpaired) electrons. The van der Waals surface area contributed by atoms with E-state index in [1.807, 2.05) is 0 Å². The first-order chi connectivity index (χ1) is 8.58. The van der Waals surface area contributed by atoms with Crippen molar-refractivity contribution in [3.8, 4) is 0 Å². The van der Waals surface area contributed by atoms with Crippen LogP contribution < -0.4 is 11.1 Å². The predicted octanol–water partition coefficient (Wildman–Crippen LogP) is 2.80. The summed E-state index contributed by atoms with van der Waals surface area (Å²) in [7, 11) is 0. The van der Waals surface area contributed by atoms with Crippen LogP contribution in [0.5, 0.6) is 0 Å². The molecule has 0 aromatic heterocycles. The lowest BCUT2D eigenvalue weighted by Crippen LogP contribution is -2.14. The molecule has 3 nitrogen and oxygen atoms in total. The smallest absolute Gasteiger partial charge is 0.258 e. The standard InChI is InChI=1S/C13H10F2N2O/c14-10-7-11(15)12(16)6-9(10)13(18)17-8-4-2-1-3-5-8/h1-7H,16H2,(H,17,18). The monoisotopic (exact) mass is 248 g/mol. The van der Waals surface area contributed by atoms with Crippen LogP contribution in [0.15, 0.2) is 42.5 Å². The molecule has 3 N–H and O–H groups in total. The van der Waals surface area contributed by atoms with E-state index in [9.17, 15) is 13.6 Å². The Morgan fingerprint density at radius 3 is 2.39 bits per heavy atom. The van der Waals surface area contributed by atoms with E-state index >= 15 is 0 Å². The van der Waals surface area contributed by atoms with Crippen LogP contribution in [0.1, 0.15) is 10.4 Å². The molecule has 0 saturated heterocycles. The van der Waals surface area contributed by atoms with Gasteiger partial charge in [0.15, 0.2) is 0 Å². The molecule has 1 amide bonds. The maximum atomic E-state index is 13.4. The molecule has 92 valence electrons. The quantitative estimate of drug-likeness (QED) is 0.803. The minimum atomic E-state index is -0.949. The van der Waals surface area contributed by atoms with Crippen molar-refractivity contribution in [1.82, 2.24) is 0 Å². The van der Waals surface area contributed by atoms with Gasteiger partial charge in [0.1, 0.15) is 11.6 Å². The van der Waals surface area contributed by atoms with Gasteiger partial charge in [-0.05, 0) is 18.2 Å². The third-order valence-electron chi connectivity index (χ3n) is 2.36. The summed E-state index contributed by atoms with van der Waals surface area (Å²) >= 11 is 0. The number of anilines is 2. The van der Waals surface area contributed by atoms with Crippen molar-refractivity contribution in [2.45, 2.75) is 0 Å². The Bertz CT molecular complexity index is 585. The highest BCUT2D eigenvalue weighted by Crippen LogP contribution is 2.18. The van der Waals surface area contributed by atoms with E-state index in [1.165, 1.54) is 0 Å². The average molecular weight is 248 g/mol. The van der Waals surface area contributed by atoms with Crippen molar-refractivity contribution in [2.24, 2.45) is 0 Å². The van der Waals surface area contributed by atoms with E-state index in [4.69, 9.17) is 5.73 Å². The molecule has 2 aromatic rings. The topological polar surface area (TPSA) is 55.1 Å². The zero-order valence-corrected chi connectivity index (χ0v) is 9.28. The van der Waals surface area contributed by atoms with Crippen LogP contribution in [0.25, 0.3) is 0 Å². The highest BCUT2D eigenvalue weighted by molar-refractivity contribution is 6.04. The molecule has 0 unspecified atom stereocenters. The number of nitrogen functional groups attached to an aromatic ring is 1. The summed E-state index contributed by atoms with van der Waals surface area (Å²) in [5.41, 5.74) is 5.25. The maximum Gasteiger partial charge on any atom is 0.258 e. The number of benzene rings is 2. The Hall–Kier alpha value is -2.43. The molecule has 18 heavy (non-hydrogen) atoms. The molecular formula is C13H10F2N2O. The van der Waals surface area contributed by atoms with Crippen LogP contribution in [0.4, 0.5) is 20.2 Å². The molecular weight excluding hydrogens is 238 g/mol. The second kappa shape index (κ2) is 4.83. The van der Waals surface area contributed by atoms with E-state index in [0.717, 1.165) is 6.07 Å². The number of amides is 1. The van der Waals surface area contributed by atoms with Crippen molar-refractivity contribution in [2.75, 3.05) is 11.1 Å². The van der Waals surface area contributed by atoms with E-state index in [0.29, 0.717) is 11.8 Å². The van der Waals surface area contributed by atoms with Crippen LogP contribution >= 0.6 is 0 Å². The molecule has 2 aromatic carbocycles. The van der Waals surface area contributed by atoms with E-state index in [-0.39, 0.29) is 11.3 Å². The lowest BCUT2D eigenvalue weighted by Gasteiger charge is -2.07. The number of hydrogen-bond donors (Lipinski definition) is 2. The highest BCUT2D eigenvalue weighted by Gasteiger charge is 2.14. The van der Waals surface area contributed by atoms with Crippen LogP contribution in [0, 0.1) is 11.6 Å². The summed E-state index contributed by atoms with van der Waals surface area (Å²) in [5.74, 6) is -2.51. The van der Waals surface area contributed by atoms with Gasteiger partial charge in [0.2, 0.25) is 0 Å². The summed E-state index contributed by atoms with van der Waals surface area (Å²) in [6.45, 7) is 0. The van der Waals surface area contributed by atoms with Crippen molar-refractivity contribution < 1.29 is 13.6 Å². The van der Waals surface area contributed by atoms with Gasteiger partial charge in [-0.25, -0.2) is 8.78 Å². The Kier molecular flexibility index (Phi) is 3.23. The summed E-state index contributed by atoms with van der Waals surface area (Å²) in [6.07, 6.45) is 0. The Morgan fingerprint density at radius 1 is 1.06 bits per heavy atom. The van der Waals surface area contributed by atoms with Gasteiger partial charge in [-0.2, -0.15) is 0 Å². The van der Waals surface area contributed by atoms with E-state index in [2.05, 4.69) is 5.32 Å². The van der Waals surface area contributed by atoms with Crippen LogP contribution in [-0.4, -0.2) is 5.91 Å². The maximum absolute atomic E-state index is 13.4. The molecule has 0 spiro atoms. The fraction of sp³-hybridized carbons (Fsp3) is 0. The summed E-state index contributed by atoms with van der Waals surface area (Å²) in [5, 5.41) is 2.49. The largest absolute Gasteiger partial charge is 0.396 e. The number of rotatable bonds is 2. The third kappa shape index (κ3) is 2.45. The average Bonchev–Trinajstić information content (AvgIpc) is 2.35. The fourth-order valence-corrected chi connectivity index (χ4v) is 1.46. The predicted molar refractivity (Wildman–Crippen MR) is 65.2 cm³/mol. The van der Waals surface area contributed by atoms with Crippen LogP contribution in [-0.2, 0) is 0 Å².